The van der Waals surface area contributed by atoms with Crippen LogP contribution < -0.4 is 9.47 Å². The molecule has 204 valence electrons. The Hall–Kier alpha value is -3.82. The van der Waals surface area contributed by atoms with Crippen LogP contribution in [0.15, 0.2) is 72.1 Å². The molecule has 0 aliphatic heterocycles. The third-order valence-corrected chi connectivity index (χ3v) is 7.17. The molecule has 0 N–H and O–H groups in total. The monoisotopic (exact) mass is 551 g/mol. The summed E-state index contributed by atoms with van der Waals surface area (Å²) in [6.07, 6.45) is 0.647. The Balaban J connectivity index is 1.42. The van der Waals surface area contributed by atoms with Crippen molar-refractivity contribution in [2.45, 2.75) is 26.1 Å². The Bertz CT molecular complexity index is 1390. The first kappa shape index (κ1) is 28.2. The zero-order valence-corrected chi connectivity index (χ0v) is 23.0. The number of thiazole rings is 1. The quantitative estimate of drug-likeness (QED) is 0.218. The van der Waals surface area contributed by atoms with Gasteiger partial charge >= 0.3 is 0 Å². The molecule has 0 saturated carbocycles. The topological polar surface area (TPSA) is 54.9 Å². The van der Waals surface area contributed by atoms with E-state index in [2.05, 4.69) is 4.98 Å². The highest BCUT2D eigenvalue weighted by molar-refractivity contribution is 7.09. The van der Waals surface area contributed by atoms with Gasteiger partial charge < -0.3 is 14.4 Å². The van der Waals surface area contributed by atoms with Gasteiger partial charge in [-0.05, 0) is 47.9 Å². The van der Waals surface area contributed by atoms with Crippen LogP contribution in [0.5, 0.6) is 11.5 Å². The molecular formula is C30H31F2N3O3S. The van der Waals surface area contributed by atoms with Crippen molar-refractivity contribution in [2.24, 2.45) is 0 Å². The average Bonchev–Trinajstić information content (AvgIpc) is 3.41. The van der Waals surface area contributed by atoms with Crippen molar-refractivity contribution in [3.05, 3.63) is 111 Å². The molecule has 3 aromatic carbocycles. The molecule has 1 amide bonds. The molecule has 0 radical (unpaired) electrons. The number of methoxy groups -OCH3 is 2. The molecule has 0 fully saturated rings. The summed E-state index contributed by atoms with van der Waals surface area (Å²) in [6.45, 7) is 1.74. The molecule has 1 heterocycles. The Morgan fingerprint density at radius 1 is 0.897 bits per heavy atom. The predicted octanol–water partition coefficient (Wildman–Crippen LogP) is 5.96. The van der Waals surface area contributed by atoms with Gasteiger partial charge in [0.25, 0.3) is 5.91 Å². The summed E-state index contributed by atoms with van der Waals surface area (Å²) in [7, 11) is 4.93. The van der Waals surface area contributed by atoms with E-state index in [1.54, 1.807) is 61.9 Å². The number of carbonyl (C=O) groups is 1. The maximum atomic E-state index is 14.4. The van der Waals surface area contributed by atoms with E-state index in [0.29, 0.717) is 55.4 Å². The zero-order valence-electron chi connectivity index (χ0n) is 22.2. The number of aromatic nitrogens is 1. The fraction of sp³-hybridized carbons (Fsp3) is 0.267. The first-order valence-electron chi connectivity index (χ1n) is 12.5. The number of hydrogen-bond acceptors (Lipinski definition) is 6. The second-order valence-corrected chi connectivity index (χ2v) is 10.1. The van der Waals surface area contributed by atoms with Gasteiger partial charge in [0.1, 0.15) is 22.3 Å². The molecule has 0 atom stereocenters. The van der Waals surface area contributed by atoms with Crippen LogP contribution in [0, 0.1) is 11.6 Å². The van der Waals surface area contributed by atoms with Crippen LogP contribution in [0.25, 0.3) is 0 Å². The number of benzene rings is 3. The normalized spacial score (nSPS) is 11.0. The first-order valence-corrected chi connectivity index (χ1v) is 13.3. The van der Waals surface area contributed by atoms with Gasteiger partial charge in [0.05, 0.1) is 20.8 Å². The van der Waals surface area contributed by atoms with Crippen LogP contribution in [0.1, 0.15) is 32.2 Å². The number of ether oxygens (including phenoxy) is 2. The summed E-state index contributed by atoms with van der Waals surface area (Å²) in [5.41, 5.74) is 2.85. The highest BCUT2D eigenvalue weighted by Crippen LogP contribution is 2.28. The number of amides is 1. The summed E-state index contributed by atoms with van der Waals surface area (Å²) < 4.78 is 38.5. The van der Waals surface area contributed by atoms with E-state index in [1.807, 2.05) is 23.1 Å². The lowest BCUT2D eigenvalue weighted by Gasteiger charge is -2.22. The molecule has 1 aromatic heterocycles. The van der Waals surface area contributed by atoms with Crippen LogP contribution in [0.4, 0.5) is 8.78 Å². The predicted molar refractivity (Wildman–Crippen MR) is 148 cm³/mol. The SMILES string of the molecule is COc1ccc(CCN(C)C(=O)c2csc(CN(Cc3ccc(F)cc3)Cc3ccccc3F)n2)cc1OC. The van der Waals surface area contributed by atoms with E-state index in [1.165, 1.54) is 29.5 Å². The minimum atomic E-state index is -0.308. The van der Waals surface area contributed by atoms with Crippen molar-refractivity contribution in [3.63, 3.8) is 0 Å². The van der Waals surface area contributed by atoms with Crippen LogP contribution in [0.2, 0.25) is 0 Å². The van der Waals surface area contributed by atoms with Crippen LogP contribution >= 0.6 is 11.3 Å². The van der Waals surface area contributed by atoms with Gasteiger partial charge in [0, 0.05) is 37.6 Å². The van der Waals surface area contributed by atoms with E-state index in [0.717, 1.165) is 16.1 Å². The molecular weight excluding hydrogens is 520 g/mol. The Kier molecular flexibility index (Phi) is 9.62. The fourth-order valence-corrected chi connectivity index (χ4v) is 5.00. The summed E-state index contributed by atoms with van der Waals surface area (Å²) in [4.78, 5) is 21.3. The molecule has 4 aromatic rings. The van der Waals surface area contributed by atoms with Gasteiger partial charge in [-0.15, -0.1) is 11.3 Å². The third-order valence-electron chi connectivity index (χ3n) is 6.33. The maximum Gasteiger partial charge on any atom is 0.273 e. The van der Waals surface area contributed by atoms with Crippen LogP contribution in [-0.4, -0.2) is 48.5 Å². The van der Waals surface area contributed by atoms with Gasteiger partial charge in [0.2, 0.25) is 0 Å². The largest absolute Gasteiger partial charge is 0.493 e. The lowest BCUT2D eigenvalue weighted by Crippen LogP contribution is -2.29. The molecule has 0 unspecified atom stereocenters. The molecule has 0 saturated heterocycles. The number of nitrogens with zero attached hydrogens (tertiary/aromatic N) is 3. The number of carbonyl (C=O) groups excluding carboxylic acids is 1. The van der Waals surface area contributed by atoms with Crippen molar-refractivity contribution in [1.29, 1.82) is 0 Å². The van der Waals surface area contributed by atoms with Gasteiger partial charge in [-0.25, -0.2) is 13.8 Å². The first-order chi connectivity index (χ1) is 18.9. The van der Waals surface area contributed by atoms with Gasteiger partial charge in [-0.3, -0.25) is 9.69 Å². The summed E-state index contributed by atoms with van der Waals surface area (Å²) >= 11 is 1.39. The molecule has 0 aliphatic rings. The van der Waals surface area contributed by atoms with E-state index in [-0.39, 0.29) is 17.5 Å². The Morgan fingerprint density at radius 3 is 2.33 bits per heavy atom. The summed E-state index contributed by atoms with van der Waals surface area (Å²) in [5.74, 6) is 0.542. The Morgan fingerprint density at radius 2 is 1.62 bits per heavy atom. The maximum absolute atomic E-state index is 14.4. The van der Waals surface area contributed by atoms with Crippen LogP contribution in [-0.2, 0) is 26.1 Å². The second-order valence-electron chi connectivity index (χ2n) is 9.16. The van der Waals surface area contributed by atoms with Crippen molar-refractivity contribution in [2.75, 3.05) is 27.8 Å². The molecule has 0 spiro atoms. The van der Waals surface area contributed by atoms with Crippen molar-refractivity contribution in [1.82, 2.24) is 14.8 Å². The van der Waals surface area contributed by atoms with Gasteiger partial charge in [-0.1, -0.05) is 36.4 Å². The zero-order chi connectivity index (χ0) is 27.8. The molecule has 39 heavy (non-hydrogen) atoms. The van der Waals surface area contributed by atoms with Crippen LogP contribution in [0.3, 0.4) is 0 Å². The smallest absolute Gasteiger partial charge is 0.273 e. The Labute approximate surface area is 231 Å². The number of rotatable bonds is 12. The number of likely N-dealkylation sites (N-methyl/N-ethyl adjacent to an activating group) is 1. The lowest BCUT2D eigenvalue weighted by atomic mass is 10.1. The number of hydrogen-bond donors (Lipinski definition) is 0. The molecule has 6 nitrogen and oxygen atoms in total. The third kappa shape index (κ3) is 7.61. The molecule has 0 bridgehead atoms. The summed E-state index contributed by atoms with van der Waals surface area (Å²) in [5, 5.41) is 2.49. The van der Waals surface area contributed by atoms with Crippen molar-refractivity contribution >= 4 is 17.2 Å². The summed E-state index contributed by atoms with van der Waals surface area (Å²) in [6, 6.07) is 18.6. The average molecular weight is 552 g/mol. The highest BCUT2D eigenvalue weighted by Gasteiger charge is 2.18. The standard InChI is InChI=1S/C30H31F2N3O3S/c1-34(15-14-21-10-13-27(37-2)28(16-21)38-3)30(36)26-20-39-29(33-26)19-35(17-22-8-11-24(31)12-9-22)18-23-6-4-5-7-25(23)32/h4-13,16,20H,14-15,17-19H2,1-3H3. The number of halogens is 2. The minimum absolute atomic E-state index is 0.169. The molecule has 0 aliphatic carbocycles. The highest BCUT2D eigenvalue weighted by atomic mass is 32.1. The van der Waals surface area contributed by atoms with E-state index in [9.17, 15) is 13.6 Å². The second kappa shape index (κ2) is 13.3. The molecule has 4 rings (SSSR count). The van der Waals surface area contributed by atoms with Gasteiger partial charge in [-0.2, -0.15) is 0 Å². The fourth-order valence-electron chi connectivity index (χ4n) is 4.19. The van der Waals surface area contributed by atoms with E-state index < -0.39 is 0 Å². The minimum Gasteiger partial charge on any atom is -0.493 e. The van der Waals surface area contributed by atoms with Crippen molar-refractivity contribution in [3.8, 4) is 11.5 Å². The van der Waals surface area contributed by atoms with E-state index >= 15 is 0 Å². The van der Waals surface area contributed by atoms with E-state index in [4.69, 9.17) is 9.47 Å². The van der Waals surface area contributed by atoms with Gasteiger partial charge in [0.15, 0.2) is 11.5 Å². The lowest BCUT2D eigenvalue weighted by molar-refractivity contribution is 0.0791. The molecule has 9 heteroatoms. The van der Waals surface area contributed by atoms with Crippen molar-refractivity contribution < 1.29 is 23.0 Å².